The lowest BCUT2D eigenvalue weighted by atomic mass is 9.97. The first-order valence-electron chi connectivity index (χ1n) is 8.07. The van der Waals surface area contributed by atoms with Gasteiger partial charge in [0.05, 0.1) is 0 Å². The summed E-state index contributed by atoms with van der Waals surface area (Å²) in [6.07, 6.45) is 3.28. The topological polar surface area (TPSA) is 40.5 Å². The van der Waals surface area contributed by atoms with Crippen LogP contribution in [0, 0.1) is 5.92 Å². The highest BCUT2D eigenvalue weighted by Gasteiger charge is 2.21. The zero-order valence-electron chi connectivity index (χ0n) is 13.2. The van der Waals surface area contributed by atoms with E-state index in [1.54, 1.807) is 0 Å². The van der Waals surface area contributed by atoms with E-state index < -0.39 is 0 Å². The molecule has 0 bridgehead atoms. The van der Waals surface area contributed by atoms with Crippen molar-refractivity contribution in [2.24, 2.45) is 5.92 Å². The van der Waals surface area contributed by atoms with E-state index in [0.29, 0.717) is 18.3 Å². The summed E-state index contributed by atoms with van der Waals surface area (Å²) in [6, 6.07) is 8.61. The molecule has 116 valence electrons. The molecule has 0 spiro atoms. The number of aryl methyl sites for hydroxylation is 1. The largest absolute Gasteiger partial charge is 0.396 e. The number of nitrogens with zero attached hydrogens (tertiary/aromatic N) is 1. The maximum absolute atomic E-state index is 12.2. The van der Waals surface area contributed by atoms with Crippen molar-refractivity contribution in [3.63, 3.8) is 0 Å². The highest BCUT2D eigenvalue weighted by Crippen LogP contribution is 2.18. The number of likely N-dealkylation sites (tertiary alicyclic amines) is 1. The number of piperidine rings is 1. The van der Waals surface area contributed by atoms with Crippen molar-refractivity contribution in [1.29, 1.82) is 0 Å². The Kier molecular flexibility index (Phi) is 5.80. The second kappa shape index (κ2) is 7.60. The van der Waals surface area contributed by atoms with Crippen molar-refractivity contribution in [3.8, 4) is 0 Å². The lowest BCUT2D eigenvalue weighted by Gasteiger charge is -2.31. The Morgan fingerprint density at radius 2 is 1.86 bits per heavy atom. The fourth-order valence-corrected chi connectivity index (χ4v) is 2.84. The van der Waals surface area contributed by atoms with Crippen molar-refractivity contribution >= 4 is 5.91 Å². The van der Waals surface area contributed by atoms with Crippen LogP contribution in [-0.4, -0.2) is 35.6 Å². The van der Waals surface area contributed by atoms with Gasteiger partial charge in [0.2, 0.25) is 5.91 Å². The number of carbonyl (C=O) groups excluding carboxylic acids is 1. The van der Waals surface area contributed by atoms with Gasteiger partial charge in [0.1, 0.15) is 0 Å². The maximum atomic E-state index is 12.2. The third-order valence-electron chi connectivity index (χ3n) is 4.50. The summed E-state index contributed by atoms with van der Waals surface area (Å²) < 4.78 is 0. The van der Waals surface area contributed by atoms with E-state index in [0.717, 1.165) is 32.4 Å². The summed E-state index contributed by atoms with van der Waals surface area (Å²) in [5.74, 6) is 1.19. The number of aliphatic hydroxyl groups is 1. The predicted molar refractivity (Wildman–Crippen MR) is 85.2 cm³/mol. The average Bonchev–Trinajstić information content (AvgIpc) is 2.53. The Balaban J connectivity index is 1.78. The summed E-state index contributed by atoms with van der Waals surface area (Å²) in [6.45, 7) is 6.24. The maximum Gasteiger partial charge on any atom is 0.222 e. The highest BCUT2D eigenvalue weighted by molar-refractivity contribution is 5.76. The molecule has 1 N–H and O–H groups in total. The van der Waals surface area contributed by atoms with Crippen molar-refractivity contribution in [2.45, 2.75) is 45.4 Å². The van der Waals surface area contributed by atoms with E-state index in [9.17, 15) is 4.79 Å². The molecule has 2 rings (SSSR count). The van der Waals surface area contributed by atoms with Crippen LogP contribution < -0.4 is 0 Å². The minimum absolute atomic E-state index is 0.249. The Morgan fingerprint density at radius 1 is 1.24 bits per heavy atom. The minimum atomic E-state index is 0.249. The van der Waals surface area contributed by atoms with E-state index in [-0.39, 0.29) is 12.5 Å². The van der Waals surface area contributed by atoms with E-state index in [1.807, 2.05) is 4.90 Å². The van der Waals surface area contributed by atoms with Gasteiger partial charge < -0.3 is 10.0 Å². The first kappa shape index (κ1) is 16.0. The molecule has 3 nitrogen and oxygen atoms in total. The van der Waals surface area contributed by atoms with Crippen molar-refractivity contribution in [3.05, 3.63) is 35.4 Å². The zero-order valence-corrected chi connectivity index (χ0v) is 13.2. The smallest absolute Gasteiger partial charge is 0.222 e. The minimum Gasteiger partial charge on any atom is -0.396 e. The third kappa shape index (κ3) is 4.57. The van der Waals surface area contributed by atoms with Gasteiger partial charge in [0, 0.05) is 26.1 Å². The molecule has 3 heteroatoms. The van der Waals surface area contributed by atoms with Gasteiger partial charge in [-0.1, -0.05) is 38.1 Å². The summed E-state index contributed by atoms with van der Waals surface area (Å²) in [4.78, 5) is 14.2. The first-order chi connectivity index (χ1) is 10.1. The molecule has 0 atom stereocenters. The van der Waals surface area contributed by atoms with Gasteiger partial charge in [-0.3, -0.25) is 4.79 Å². The molecule has 1 aromatic carbocycles. The van der Waals surface area contributed by atoms with Crippen LogP contribution in [0.25, 0.3) is 0 Å². The van der Waals surface area contributed by atoms with Gasteiger partial charge in [-0.25, -0.2) is 0 Å². The number of rotatable bonds is 5. The van der Waals surface area contributed by atoms with Gasteiger partial charge >= 0.3 is 0 Å². The molecule has 1 amide bonds. The standard InChI is InChI=1S/C18H27NO2/c1-14(2)17-6-3-15(4-7-17)5-8-18(21)19-11-9-16(13-20)10-12-19/h3-4,6-7,14,16,20H,5,8-13H2,1-2H3. The van der Waals surface area contributed by atoms with E-state index >= 15 is 0 Å². The predicted octanol–water partition coefficient (Wildman–Crippen LogP) is 2.97. The fourth-order valence-electron chi connectivity index (χ4n) is 2.84. The van der Waals surface area contributed by atoms with Crippen LogP contribution in [0.2, 0.25) is 0 Å². The average molecular weight is 289 g/mol. The molecular weight excluding hydrogens is 262 g/mol. The number of amides is 1. The number of aliphatic hydroxyl groups excluding tert-OH is 1. The van der Waals surface area contributed by atoms with Gasteiger partial charge in [0.15, 0.2) is 0 Å². The van der Waals surface area contributed by atoms with Crippen LogP contribution in [0.3, 0.4) is 0 Å². The Bertz CT molecular complexity index is 445. The Hall–Kier alpha value is -1.35. The molecule has 1 aromatic rings. The SMILES string of the molecule is CC(C)c1ccc(CCC(=O)N2CCC(CO)CC2)cc1. The molecule has 1 heterocycles. The molecule has 0 aliphatic carbocycles. The van der Waals surface area contributed by atoms with Crippen LogP contribution in [0.4, 0.5) is 0 Å². The first-order valence-corrected chi connectivity index (χ1v) is 8.07. The third-order valence-corrected chi connectivity index (χ3v) is 4.50. The molecule has 1 aliphatic rings. The van der Waals surface area contributed by atoms with Crippen molar-refractivity contribution < 1.29 is 9.90 Å². The number of carbonyl (C=O) groups is 1. The summed E-state index contributed by atoms with van der Waals surface area (Å²) in [5.41, 5.74) is 2.58. The van der Waals surface area contributed by atoms with Gasteiger partial charge in [-0.05, 0) is 42.2 Å². The van der Waals surface area contributed by atoms with Crippen LogP contribution in [-0.2, 0) is 11.2 Å². The Labute approximate surface area is 128 Å². The van der Waals surface area contributed by atoms with Gasteiger partial charge in [-0.15, -0.1) is 0 Å². The molecule has 21 heavy (non-hydrogen) atoms. The lowest BCUT2D eigenvalue weighted by molar-refractivity contribution is -0.132. The molecule has 0 radical (unpaired) electrons. The molecule has 1 saturated heterocycles. The van der Waals surface area contributed by atoms with E-state index in [2.05, 4.69) is 38.1 Å². The normalized spacial score (nSPS) is 16.5. The number of hydrogen-bond acceptors (Lipinski definition) is 2. The zero-order chi connectivity index (χ0) is 15.2. The van der Waals surface area contributed by atoms with E-state index in [1.165, 1.54) is 11.1 Å². The van der Waals surface area contributed by atoms with Crippen molar-refractivity contribution in [1.82, 2.24) is 4.90 Å². The second-order valence-electron chi connectivity index (χ2n) is 6.40. The van der Waals surface area contributed by atoms with Crippen molar-refractivity contribution in [2.75, 3.05) is 19.7 Å². The summed E-state index contributed by atoms with van der Waals surface area (Å²) in [5, 5.41) is 9.13. The molecule has 1 aliphatic heterocycles. The van der Waals surface area contributed by atoms with Crippen LogP contribution in [0.1, 0.15) is 50.2 Å². The summed E-state index contributed by atoms with van der Waals surface area (Å²) >= 11 is 0. The number of benzene rings is 1. The van der Waals surface area contributed by atoms with Crippen LogP contribution >= 0.6 is 0 Å². The van der Waals surface area contributed by atoms with Crippen LogP contribution in [0.5, 0.6) is 0 Å². The molecular formula is C18H27NO2. The van der Waals surface area contributed by atoms with Crippen LogP contribution in [0.15, 0.2) is 24.3 Å². The monoisotopic (exact) mass is 289 g/mol. The quantitative estimate of drug-likeness (QED) is 0.905. The lowest BCUT2D eigenvalue weighted by Crippen LogP contribution is -2.39. The van der Waals surface area contributed by atoms with Gasteiger partial charge in [-0.2, -0.15) is 0 Å². The van der Waals surface area contributed by atoms with Gasteiger partial charge in [0.25, 0.3) is 0 Å². The molecule has 0 aromatic heterocycles. The molecule has 0 saturated carbocycles. The Morgan fingerprint density at radius 3 is 2.38 bits per heavy atom. The second-order valence-corrected chi connectivity index (χ2v) is 6.40. The highest BCUT2D eigenvalue weighted by atomic mass is 16.3. The number of hydrogen-bond donors (Lipinski definition) is 1. The summed E-state index contributed by atoms with van der Waals surface area (Å²) in [7, 11) is 0. The fraction of sp³-hybridized carbons (Fsp3) is 0.611. The molecule has 0 unspecified atom stereocenters. The molecule has 1 fully saturated rings. The van der Waals surface area contributed by atoms with E-state index in [4.69, 9.17) is 5.11 Å².